The van der Waals surface area contributed by atoms with Crippen molar-refractivity contribution in [2.24, 2.45) is 0 Å². The standard InChI is InChI=1S/C15H18N6O2/c1-11-16-5-6-21(11)14-4-3-13(17-18-14)15(23)20-9-7-19(8-10-20)12(2)22/h3-6H,7-10H2,1-2H3. The lowest BCUT2D eigenvalue weighted by atomic mass is 10.2. The second-order valence-corrected chi connectivity index (χ2v) is 5.42. The van der Waals surface area contributed by atoms with E-state index in [1.54, 1.807) is 45.8 Å². The predicted octanol–water partition coefficient (Wildman–Crippen LogP) is 0.275. The summed E-state index contributed by atoms with van der Waals surface area (Å²) in [5.41, 5.74) is 0.308. The predicted molar refractivity (Wildman–Crippen MR) is 82.0 cm³/mol. The molecule has 2 aromatic heterocycles. The van der Waals surface area contributed by atoms with Crippen molar-refractivity contribution < 1.29 is 9.59 Å². The monoisotopic (exact) mass is 314 g/mol. The highest BCUT2D eigenvalue weighted by Crippen LogP contribution is 2.10. The van der Waals surface area contributed by atoms with Crippen molar-refractivity contribution in [1.82, 2.24) is 29.5 Å². The molecule has 0 unspecified atom stereocenters. The number of piperazine rings is 1. The van der Waals surface area contributed by atoms with Gasteiger partial charge in [-0.3, -0.25) is 14.2 Å². The molecule has 2 aromatic rings. The van der Waals surface area contributed by atoms with Gasteiger partial charge < -0.3 is 9.80 Å². The zero-order valence-electron chi connectivity index (χ0n) is 13.1. The Hall–Kier alpha value is -2.77. The molecule has 0 atom stereocenters. The largest absolute Gasteiger partial charge is 0.339 e. The molecule has 3 heterocycles. The maximum atomic E-state index is 12.4. The lowest BCUT2D eigenvalue weighted by molar-refractivity contribution is -0.130. The number of carbonyl (C=O) groups excluding carboxylic acids is 2. The Labute approximate surface area is 133 Å². The van der Waals surface area contributed by atoms with Gasteiger partial charge in [0.2, 0.25) is 5.91 Å². The molecule has 0 spiro atoms. The van der Waals surface area contributed by atoms with Gasteiger partial charge in [-0.25, -0.2) is 4.98 Å². The first kappa shape index (κ1) is 15.1. The molecular weight excluding hydrogens is 296 g/mol. The SMILES string of the molecule is CC(=O)N1CCN(C(=O)c2ccc(-n3ccnc3C)nn2)CC1. The van der Waals surface area contributed by atoms with Crippen molar-refractivity contribution >= 4 is 11.8 Å². The molecule has 23 heavy (non-hydrogen) atoms. The van der Waals surface area contributed by atoms with Crippen LogP contribution in [0.1, 0.15) is 23.2 Å². The summed E-state index contributed by atoms with van der Waals surface area (Å²) < 4.78 is 1.80. The summed E-state index contributed by atoms with van der Waals surface area (Å²) in [5, 5.41) is 8.14. The maximum Gasteiger partial charge on any atom is 0.274 e. The molecule has 120 valence electrons. The molecule has 1 fully saturated rings. The van der Waals surface area contributed by atoms with E-state index in [0.29, 0.717) is 37.7 Å². The van der Waals surface area contributed by atoms with Crippen LogP contribution in [0.5, 0.6) is 0 Å². The van der Waals surface area contributed by atoms with Crippen LogP contribution in [0.3, 0.4) is 0 Å². The fraction of sp³-hybridized carbons (Fsp3) is 0.400. The van der Waals surface area contributed by atoms with Gasteiger partial charge in [-0.05, 0) is 19.1 Å². The van der Waals surface area contributed by atoms with Crippen LogP contribution >= 0.6 is 0 Å². The van der Waals surface area contributed by atoms with Crippen LogP contribution in [-0.4, -0.2) is 67.5 Å². The minimum absolute atomic E-state index is 0.0388. The number of aryl methyl sites for hydroxylation is 1. The van der Waals surface area contributed by atoms with Gasteiger partial charge in [-0.15, -0.1) is 10.2 Å². The summed E-state index contributed by atoms with van der Waals surface area (Å²) in [7, 11) is 0. The van der Waals surface area contributed by atoms with Gasteiger partial charge in [0.1, 0.15) is 5.82 Å². The van der Waals surface area contributed by atoms with E-state index >= 15 is 0 Å². The van der Waals surface area contributed by atoms with Crippen LogP contribution in [0, 0.1) is 6.92 Å². The van der Waals surface area contributed by atoms with Crippen LogP contribution in [-0.2, 0) is 4.79 Å². The quantitative estimate of drug-likeness (QED) is 0.795. The Kier molecular flexibility index (Phi) is 4.05. The lowest BCUT2D eigenvalue weighted by Gasteiger charge is -2.33. The number of aromatic nitrogens is 4. The van der Waals surface area contributed by atoms with Gasteiger partial charge in [0, 0.05) is 45.5 Å². The molecule has 8 nitrogen and oxygen atoms in total. The molecule has 1 aliphatic heterocycles. The first-order valence-corrected chi connectivity index (χ1v) is 7.45. The van der Waals surface area contributed by atoms with E-state index < -0.39 is 0 Å². The minimum Gasteiger partial charge on any atom is -0.339 e. The number of hydrogen-bond acceptors (Lipinski definition) is 5. The van der Waals surface area contributed by atoms with Crippen LogP contribution in [0.15, 0.2) is 24.5 Å². The normalized spacial score (nSPS) is 14.9. The number of amides is 2. The second-order valence-electron chi connectivity index (χ2n) is 5.42. The molecule has 8 heteroatoms. The molecule has 0 saturated carbocycles. The Morgan fingerprint density at radius 2 is 1.74 bits per heavy atom. The summed E-state index contributed by atoms with van der Waals surface area (Å²) >= 11 is 0. The third-order valence-electron chi connectivity index (χ3n) is 3.95. The molecule has 1 saturated heterocycles. The van der Waals surface area contributed by atoms with E-state index in [2.05, 4.69) is 15.2 Å². The Morgan fingerprint density at radius 3 is 2.26 bits per heavy atom. The molecule has 0 bridgehead atoms. The average Bonchev–Trinajstić information content (AvgIpc) is 3.00. The van der Waals surface area contributed by atoms with E-state index in [-0.39, 0.29) is 11.8 Å². The Morgan fingerprint density at radius 1 is 1.04 bits per heavy atom. The van der Waals surface area contributed by atoms with E-state index in [4.69, 9.17) is 0 Å². The van der Waals surface area contributed by atoms with Crippen LogP contribution < -0.4 is 0 Å². The zero-order chi connectivity index (χ0) is 16.4. The fourth-order valence-corrected chi connectivity index (χ4v) is 2.57. The summed E-state index contributed by atoms with van der Waals surface area (Å²) in [6, 6.07) is 3.42. The topological polar surface area (TPSA) is 84.2 Å². The van der Waals surface area contributed by atoms with Gasteiger partial charge in [0.15, 0.2) is 11.5 Å². The molecule has 3 rings (SSSR count). The molecule has 2 amide bonds. The third kappa shape index (κ3) is 3.05. The molecule has 0 radical (unpaired) electrons. The van der Waals surface area contributed by atoms with Gasteiger partial charge in [0.05, 0.1) is 0 Å². The van der Waals surface area contributed by atoms with Crippen LogP contribution in [0.25, 0.3) is 5.82 Å². The van der Waals surface area contributed by atoms with E-state index in [0.717, 1.165) is 5.82 Å². The summed E-state index contributed by atoms with van der Waals surface area (Å²) in [6.07, 6.45) is 3.48. The van der Waals surface area contributed by atoms with Crippen molar-refractivity contribution in [1.29, 1.82) is 0 Å². The zero-order valence-corrected chi connectivity index (χ0v) is 13.1. The number of carbonyl (C=O) groups is 2. The summed E-state index contributed by atoms with van der Waals surface area (Å²) in [6.45, 7) is 5.56. The summed E-state index contributed by atoms with van der Waals surface area (Å²) in [5.74, 6) is 1.31. The van der Waals surface area contributed by atoms with Crippen molar-refractivity contribution in [3.05, 3.63) is 36.0 Å². The van der Waals surface area contributed by atoms with Crippen LogP contribution in [0.2, 0.25) is 0 Å². The number of nitrogens with zero attached hydrogens (tertiary/aromatic N) is 6. The highest BCUT2D eigenvalue weighted by molar-refractivity contribution is 5.92. The highest BCUT2D eigenvalue weighted by Gasteiger charge is 2.24. The van der Waals surface area contributed by atoms with Gasteiger partial charge in [-0.1, -0.05) is 0 Å². The van der Waals surface area contributed by atoms with Crippen molar-refractivity contribution in [2.75, 3.05) is 26.2 Å². The number of rotatable bonds is 2. The van der Waals surface area contributed by atoms with Crippen molar-refractivity contribution in [3.63, 3.8) is 0 Å². The van der Waals surface area contributed by atoms with Crippen molar-refractivity contribution in [2.45, 2.75) is 13.8 Å². The van der Waals surface area contributed by atoms with Crippen molar-refractivity contribution in [3.8, 4) is 5.82 Å². The number of hydrogen-bond donors (Lipinski definition) is 0. The van der Waals surface area contributed by atoms with Crippen LogP contribution in [0.4, 0.5) is 0 Å². The van der Waals surface area contributed by atoms with E-state index in [1.807, 2.05) is 6.92 Å². The minimum atomic E-state index is -0.158. The smallest absolute Gasteiger partial charge is 0.274 e. The van der Waals surface area contributed by atoms with Gasteiger partial charge >= 0.3 is 0 Å². The molecule has 1 aliphatic rings. The van der Waals surface area contributed by atoms with Gasteiger partial charge in [-0.2, -0.15) is 0 Å². The second kappa shape index (κ2) is 6.15. The highest BCUT2D eigenvalue weighted by atomic mass is 16.2. The first-order valence-electron chi connectivity index (χ1n) is 7.45. The molecule has 0 aliphatic carbocycles. The Bertz CT molecular complexity index is 716. The van der Waals surface area contributed by atoms with E-state index in [9.17, 15) is 9.59 Å². The molecule has 0 aromatic carbocycles. The fourth-order valence-electron chi connectivity index (χ4n) is 2.57. The Balaban J connectivity index is 1.69. The lowest BCUT2D eigenvalue weighted by Crippen LogP contribution is -2.50. The maximum absolute atomic E-state index is 12.4. The van der Waals surface area contributed by atoms with Gasteiger partial charge in [0.25, 0.3) is 5.91 Å². The summed E-state index contributed by atoms with van der Waals surface area (Å²) in [4.78, 5) is 31.3. The molecular formula is C15H18N6O2. The average molecular weight is 314 g/mol. The third-order valence-corrected chi connectivity index (χ3v) is 3.95. The van der Waals surface area contributed by atoms with E-state index in [1.165, 1.54) is 0 Å². The molecule has 0 N–H and O–H groups in total. The first-order chi connectivity index (χ1) is 11.1. The number of imidazole rings is 1.